The Hall–Kier alpha value is -2.60. The van der Waals surface area contributed by atoms with Crippen molar-refractivity contribution in [2.24, 2.45) is 4.99 Å². The maximum atomic E-state index is 13.6. The summed E-state index contributed by atoms with van der Waals surface area (Å²) >= 11 is 1.20. The minimum Gasteiger partial charge on any atom is -0.378 e. The quantitative estimate of drug-likeness (QED) is 0.864. The van der Waals surface area contributed by atoms with E-state index >= 15 is 0 Å². The standard InChI is InChI=1S/C18H16FN3OS/c1-22(2)13-9-7-12(8-10-13)11-16-17(23)21-18(24-16)20-15-6-4-3-5-14(15)19/h3-11H,1-2H3,(H,20,21,23)/b16-11-. The van der Waals surface area contributed by atoms with Crippen LogP contribution < -0.4 is 10.2 Å². The minimum absolute atomic E-state index is 0.205. The molecule has 4 nitrogen and oxygen atoms in total. The Morgan fingerprint density at radius 1 is 1.12 bits per heavy atom. The fraction of sp³-hybridized carbons (Fsp3) is 0.111. The molecule has 2 aromatic rings. The zero-order valence-corrected chi connectivity index (χ0v) is 14.1. The average Bonchev–Trinajstić information content (AvgIpc) is 2.90. The number of para-hydroxylation sites is 1. The summed E-state index contributed by atoms with van der Waals surface area (Å²) in [5.74, 6) is -0.650. The molecule has 3 rings (SSSR count). The third-order valence-corrected chi connectivity index (χ3v) is 4.34. The Bertz CT molecular complexity index is 828. The number of hydrogen-bond donors (Lipinski definition) is 1. The van der Waals surface area contributed by atoms with Crippen molar-refractivity contribution in [1.29, 1.82) is 0 Å². The Labute approximate surface area is 144 Å². The first-order valence-corrected chi connectivity index (χ1v) is 8.16. The van der Waals surface area contributed by atoms with Crippen LogP contribution in [0.3, 0.4) is 0 Å². The van der Waals surface area contributed by atoms with Crippen LogP contribution >= 0.6 is 11.8 Å². The van der Waals surface area contributed by atoms with E-state index in [2.05, 4.69) is 10.3 Å². The number of amides is 1. The number of amidine groups is 1. The smallest absolute Gasteiger partial charge is 0.264 e. The van der Waals surface area contributed by atoms with Gasteiger partial charge in [0.05, 0.1) is 4.91 Å². The Morgan fingerprint density at radius 2 is 1.83 bits per heavy atom. The van der Waals surface area contributed by atoms with Crippen LogP contribution in [0.1, 0.15) is 5.56 Å². The summed E-state index contributed by atoms with van der Waals surface area (Å²) in [6.07, 6.45) is 1.79. The summed E-state index contributed by atoms with van der Waals surface area (Å²) in [4.78, 5) is 18.8. The number of carbonyl (C=O) groups is 1. The van der Waals surface area contributed by atoms with Crippen LogP contribution in [0, 0.1) is 5.82 Å². The van der Waals surface area contributed by atoms with Gasteiger partial charge in [-0.05, 0) is 47.7 Å². The molecule has 1 amide bonds. The van der Waals surface area contributed by atoms with Gasteiger partial charge < -0.3 is 10.2 Å². The van der Waals surface area contributed by atoms with Crippen LogP contribution in [0.15, 0.2) is 58.4 Å². The first-order valence-electron chi connectivity index (χ1n) is 7.34. The third-order valence-electron chi connectivity index (χ3n) is 3.43. The topological polar surface area (TPSA) is 44.7 Å². The van der Waals surface area contributed by atoms with E-state index in [4.69, 9.17) is 0 Å². The van der Waals surface area contributed by atoms with E-state index in [0.717, 1.165) is 11.3 Å². The van der Waals surface area contributed by atoms with E-state index in [1.807, 2.05) is 43.3 Å². The van der Waals surface area contributed by atoms with Gasteiger partial charge in [-0.3, -0.25) is 4.79 Å². The van der Waals surface area contributed by atoms with Crippen molar-refractivity contribution in [2.75, 3.05) is 19.0 Å². The highest BCUT2D eigenvalue weighted by molar-refractivity contribution is 8.18. The second-order valence-corrected chi connectivity index (χ2v) is 6.45. The molecule has 122 valence electrons. The molecule has 0 atom stereocenters. The monoisotopic (exact) mass is 341 g/mol. The molecule has 1 fully saturated rings. The van der Waals surface area contributed by atoms with Crippen LogP contribution in [0.25, 0.3) is 6.08 Å². The molecule has 1 saturated heterocycles. The van der Waals surface area contributed by atoms with Crippen molar-refractivity contribution in [3.8, 4) is 0 Å². The van der Waals surface area contributed by atoms with Gasteiger partial charge in [0.15, 0.2) is 5.17 Å². The molecule has 1 N–H and O–H groups in total. The van der Waals surface area contributed by atoms with Gasteiger partial charge >= 0.3 is 0 Å². The summed E-state index contributed by atoms with van der Waals surface area (Å²) in [7, 11) is 3.94. The molecule has 0 radical (unpaired) electrons. The van der Waals surface area contributed by atoms with E-state index in [0.29, 0.717) is 10.1 Å². The molecule has 1 heterocycles. The Kier molecular flexibility index (Phi) is 4.66. The molecular formula is C18H16FN3OS. The van der Waals surface area contributed by atoms with E-state index < -0.39 is 5.82 Å². The van der Waals surface area contributed by atoms with E-state index in [1.165, 1.54) is 17.8 Å². The van der Waals surface area contributed by atoms with Crippen molar-refractivity contribution in [1.82, 2.24) is 5.32 Å². The second kappa shape index (κ2) is 6.88. The van der Waals surface area contributed by atoms with Gasteiger partial charge in [0.1, 0.15) is 11.5 Å². The number of nitrogens with one attached hydrogen (secondary N) is 1. The average molecular weight is 341 g/mol. The zero-order valence-electron chi connectivity index (χ0n) is 13.3. The largest absolute Gasteiger partial charge is 0.378 e. The number of rotatable bonds is 3. The molecule has 0 unspecified atom stereocenters. The van der Waals surface area contributed by atoms with Gasteiger partial charge in [0, 0.05) is 19.8 Å². The summed E-state index contributed by atoms with van der Waals surface area (Å²) < 4.78 is 13.6. The number of hydrogen-bond acceptors (Lipinski definition) is 4. The molecule has 0 bridgehead atoms. The fourth-order valence-corrected chi connectivity index (χ4v) is 2.99. The first kappa shape index (κ1) is 16.3. The second-order valence-electron chi connectivity index (χ2n) is 5.42. The Balaban J connectivity index is 1.81. The van der Waals surface area contributed by atoms with Crippen molar-refractivity contribution in [2.45, 2.75) is 0 Å². The number of benzene rings is 2. The lowest BCUT2D eigenvalue weighted by atomic mass is 10.2. The normalized spacial score (nSPS) is 17.4. The summed E-state index contributed by atoms with van der Waals surface area (Å²) in [5, 5.41) is 3.04. The summed E-state index contributed by atoms with van der Waals surface area (Å²) in [6, 6.07) is 14.1. The number of carbonyl (C=O) groups excluding carboxylic acids is 1. The minimum atomic E-state index is -0.420. The van der Waals surface area contributed by atoms with Crippen molar-refractivity contribution >= 4 is 40.3 Å². The molecular weight excluding hydrogens is 325 g/mol. The molecule has 2 aromatic carbocycles. The molecule has 1 aliphatic heterocycles. The maximum Gasteiger partial charge on any atom is 0.264 e. The number of aliphatic imine (C=N–C) groups is 1. The highest BCUT2D eigenvalue weighted by atomic mass is 32.2. The lowest BCUT2D eigenvalue weighted by Crippen LogP contribution is -2.19. The van der Waals surface area contributed by atoms with Gasteiger partial charge in [0.2, 0.25) is 0 Å². The molecule has 0 spiro atoms. The highest BCUT2D eigenvalue weighted by Crippen LogP contribution is 2.29. The predicted molar refractivity (Wildman–Crippen MR) is 98.0 cm³/mol. The molecule has 1 aliphatic rings. The number of anilines is 1. The molecule has 0 aromatic heterocycles. The maximum absolute atomic E-state index is 13.6. The van der Waals surface area contributed by atoms with Gasteiger partial charge in [-0.1, -0.05) is 24.3 Å². The third kappa shape index (κ3) is 3.65. The summed E-state index contributed by atoms with van der Waals surface area (Å²) in [6.45, 7) is 0. The lowest BCUT2D eigenvalue weighted by molar-refractivity contribution is -0.115. The van der Waals surface area contributed by atoms with Gasteiger partial charge in [-0.15, -0.1) is 0 Å². The summed E-state index contributed by atoms with van der Waals surface area (Å²) in [5.41, 5.74) is 2.21. The van der Waals surface area contributed by atoms with Crippen LogP contribution in [0.5, 0.6) is 0 Å². The van der Waals surface area contributed by atoms with Crippen LogP contribution in [-0.2, 0) is 4.79 Å². The first-order chi connectivity index (χ1) is 11.5. The number of nitrogens with zero attached hydrogens (tertiary/aromatic N) is 2. The zero-order chi connectivity index (χ0) is 17.1. The van der Waals surface area contributed by atoms with Crippen LogP contribution in [0.4, 0.5) is 15.8 Å². The van der Waals surface area contributed by atoms with Crippen molar-refractivity contribution in [3.63, 3.8) is 0 Å². The van der Waals surface area contributed by atoms with Gasteiger partial charge in [-0.25, -0.2) is 9.38 Å². The van der Waals surface area contributed by atoms with E-state index in [-0.39, 0.29) is 11.6 Å². The molecule has 24 heavy (non-hydrogen) atoms. The van der Waals surface area contributed by atoms with Crippen molar-refractivity contribution < 1.29 is 9.18 Å². The van der Waals surface area contributed by atoms with E-state index in [1.54, 1.807) is 24.3 Å². The fourth-order valence-electron chi connectivity index (χ4n) is 2.15. The Morgan fingerprint density at radius 3 is 2.50 bits per heavy atom. The highest BCUT2D eigenvalue weighted by Gasteiger charge is 2.24. The van der Waals surface area contributed by atoms with E-state index in [9.17, 15) is 9.18 Å². The van der Waals surface area contributed by atoms with Gasteiger partial charge in [-0.2, -0.15) is 0 Å². The van der Waals surface area contributed by atoms with Gasteiger partial charge in [0.25, 0.3) is 5.91 Å². The lowest BCUT2D eigenvalue weighted by Gasteiger charge is -2.11. The predicted octanol–water partition coefficient (Wildman–Crippen LogP) is 3.78. The van der Waals surface area contributed by atoms with Crippen LogP contribution in [0.2, 0.25) is 0 Å². The van der Waals surface area contributed by atoms with Crippen LogP contribution in [-0.4, -0.2) is 25.2 Å². The molecule has 0 aliphatic carbocycles. The number of thioether (sulfide) groups is 1. The molecule has 0 saturated carbocycles. The number of halogens is 1. The SMILES string of the molecule is CN(C)c1ccc(/C=C2\SC(=Nc3ccccc3F)NC2=O)cc1. The van der Waals surface area contributed by atoms with Crippen molar-refractivity contribution in [3.05, 3.63) is 64.8 Å². The molecule has 6 heteroatoms.